The monoisotopic (exact) mass is 288 g/mol. The van der Waals surface area contributed by atoms with E-state index in [0.717, 1.165) is 23.0 Å². The van der Waals surface area contributed by atoms with Crippen LogP contribution in [0, 0.1) is 11.8 Å². The highest BCUT2D eigenvalue weighted by Crippen LogP contribution is 2.44. The van der Waals surface area contributed by atoms with Gasteiger partial charge in [-0.2, -0.15) is 0 Å². The molecule has 0 bridgehead atoms. The van der Waals surface area contributed by atoms with Crippen molar-refractivity contribution >= 4 is 23.1 Å². The molecule has 0 heterocycles. The topological polar surface area (TPSA) is 55.1 Å². The van der Waals surface area contributed by atoms with E-state index < -0.39 is 0 Å². The third-order valence-corrected chi connectivity index (χ3v) is 4.43. The molecule has 0 atom stereocenters. The van der Waals surface area contributed by atoms with Gasteiger partial charge >= 0.3 is 0 Å². The Kier molecular flexibility index (Phi) is 3.74. The van der Waals surface area contributed by atoms with Gasteiger partial charge in [0.05, 0.1) is 6.42 Å². The summed E-state index contributed by atoms with van der Waals surface area (Å²) >= 11 is 4.92. The van der Waals surface area contributed by atoms with Crippen molar-refractivity contribution in [2.75, 3.05) is 0 Å². The second kappa shape index (κ2) is 5.52. The van der Waals surface area contributed by atoms with Gasteiger partial charge in [0.1, 0.15) is 4.99 Å². The van der Waals surface area contributed by atoms with Crippen molar-refractivity contribution in [1.29, 1.82) is 0 Å². The van der Waals surface area contributed by atoms with E-state index in [0.29, 0.717) is 17.5 Å². The molecular weight excluding hydrogens is 268 g/mol. The van der Waals surface area contributed by atoms with E-state index in [-0.39, 0.29) is 5.91 Å². The lowest BCUT2D eigenvalue weighted by Crippen LogP contribution is -2.38. The summed E-state index contributed by atoms with van der Waals surface area (Å²) in [5, 5.41) is 3.24. The molecule has 3 nitrogen and oxygen atoms in total. The van der Waals surface area contributed by atoms with Crippen molar-refractivity contribution in [3.05, 3.63) is 35.4 Å². The number of hydrogen-bond donors (Lipinski definition) is 2. The van der Waals surface area contributed by atoms with Gasteiger partial charge in [-0.25, -0.2) is 0 Å². The summed E-state index contributed by atoms with van der Waals surface area (Å²) < 4.78 is 0. The van der Waals surface area contributed by atoms with Gasteiger partial charge < -0.3 is 11.1 Å². The van der Waals surface area contributed by atoms with E-state index in [2.05, 4.69) is 5.32 Å². The standard InChI is InChI=1S/C16H20N2OS/c17-16(20)13-3-1-10(2-4-13)9-14(19)18-15(11-5-6-11)12-7-8-12/h1-4,11-12,15H,5-9H2,(H2,17,20)(H,18,19). The molecule has 1 amide bonds. The molecule has 3 rings (SSSR count). The molecule has 106 valence electrons. The molecule has 1 aromatic carbocycles. The summed E-state index contributed by atoms with van der Waals surface area (Å²) in [5.41, 5.74) is 7.42. The van der Waals surface area contributed by atoms with Crippen LogP contribution in [0.2, 0.25) is 0 Å². The van der Waals surface area contributed by atoms with Crippen LogP contribution in [0.25, 0.3) is 0 Å². The van der Waals surface area contributed by atoms with E-state index in [1.807, 2.05) is 24.3 Å². The van der Waals surface area contributed by atoms with Crippen molar-refractivity contribution in [3.63, 3.8) is 0 Å². The number of benzene rings is 1. The van der Waals surface area contributed by atoms with Crippen LogP contribution >= 0.6 is 12.2 Å². The zero-order valence-corrected chi connectivity index (χ0v) is 12.3. The normalized spacial score (nSPS) is 18.1. The van der Waals surface area contributed by atoms with Crippen LogP contribution in [0.15, 0.2) is 24.3 Å². The van der Waals surface area contributed by atoms with Gasteiger partial charge in [-0.3, -0.25) is 4.79 Å². The minimum atomic E-state index is 0.136. The van der Waals surface area contributed by atoms with E-state index in [4.69, 9.17) is 18.0 Å². The Hall–Kier alpha value is -1.42. The molecule has 0 saturated heterocycles. The van der Waals surface area contributed by atoms with Crippen molar-refractivity contribution in [2.24, 2.45) is 17.6 Å². The molecule has 0 aliphatic heterocycles. The number of carbonyl (C=O) groups excluding carboxylic acids is 1. The molecule has 2 fully saturated rings. The number of thiocarbonyl (C=S) groups is 1. The Bertz CT molecular complexity index is 506. The van der Waals surface area contributed by atoms with Gasteiger partial charge in [-0.05, 0) is 43.1 Å². The number of nitrogens with one attached hydrogen (secondary N) is 1. The lowest BCUT2D eigenvalue weighted by molar-refractivity contribution is -0.121. The molecule has 0 radical (unpaired) electrons. The molecule has 2 aliphatic rings. The van der Waals surface area contributed by atoms with Gasteiger partial charge in [0.15, 0.2) is 0 Å². The average Bonchev–Trinajstić information content (AvgIpc) is 3.28. The van der Waals surface area contributed by atoms with Crippen molar-refractivity contribution in [2.45, 2.75) is 38.1 Å². The second-order valence-electron chi connectivity index (χ2n) is 6.01. The number of nitrogens with two attached hydrogens (primary N) is 1. The SMILES string of the molecule is NC(=S)c1ccc(CC(=O)NC(C2CC2)C2CC2)cc1. The summed E-state index contributed by atoms with van der Waals surface area (Å²) in [6.07, 6.45) is 5.57. The van der Waals surface area contributed by atoms with Crippen LogP contribution in [-0.4, -0.2) is 16.9 Å². The summed E-state index contributed by atoms with van der Waals surface area (Å²) in [4.78, 5) is 12.5. The summed E-state index contributed by atoms with van der Waals surface area (Å²) in [7, 11) is 0. The molecule has 3 N–H and O–H groups in total. The van der Waals surface area contributed by atoms with E-state index in [1.54, 1.807) is 0 Å². The van der Waals surface area contributed by atoms with Crippen molar-refractivity contribution < 1.29 is 4.79 Å². The molecular formula is C16H20N2OS. The smallest absolute Gasteiger partial charge is 0.224 e. The lowest BCUT2D eigenvalue weighted by atomic mass is 10.1. The van der Waals surface area contributed by atoms with Gasteiger partial charge in [0.25, 0.3) is 0 Å². The van der Waals surface area contributed by atoms with E-state index in [9.17, 15) is 4.79 Å². The van der Waals surface area contributed by atoms with E-state index >= 15 is 0 Å². The fraction of sp³-hybridized carbons (Fsp3) is 0.500. The van der Waals surface area contributed by atoms with Crippen LogP contribution in [0.3, 0.4) is 0 Å². The zero-order valence-electron chi connectivity index (χ0n) is 11.5. The Morgan fingerprint density at radius 3 is 2.20 bits per heavy atom. The highest BCUT2D eigenvalue weighted by Gasteiger charge is 2.42. The van der Waals surface area contributed by atoms with Gasteiger partial charge in [0.2, 0.25) is 5.91 Å². The second-order valence-corrected chi connectivity index (χ2v) is 6.45. The molecule has 0 aromatic heterocycles. The molecule has 2 aliphatic carbocycles. The predicted molar refractivity (Wildman–Crippen MR) is 83.4 cm³/mol. The van der Waals surface area contributed by atoms with Crippen LogP contribution in [0.1, 0.15) is 36.8 Å². The predicted octanol–water partition coefficient (Wildman–Crippen LogP) is 2.17. The largest absolute Gasteiger partial charge is 0.389 e. The summed E-state index contributed by atoms with van der Waals surface area (Å²) in [6.45, 7) is 0. The number of amides is 1. The highest BCUT2D eigenvalue weighted by atomic mass is 32.1. The third-order valence-electron chi connectivity index (χ3n) is 4.19. The average molecular weight is 288 g/mol. The molecule has 0 unspecified atom stereocenters. The maximum Gasteiger partial charge on any atom is 0.224 e. The Balaban J connectivity index is 1.56. The molecule has 4 heteroatoms. The Morgan fingerprint density at radius 2 is 1.75 bits per heavy atom. The third kappa shape index (κ3) is 3.37. The minimum absolute atomic E-state index is 0.136. The van der Waals surface area contributed by atoms with Crippen LogP contribution < -0.4 is 11.1 Å². The molecule has 2 saturated carbocycles. The Labute approximate surface area is 124 Å². The van der Waals surface area contributed by atoms with Gasteiger partial charge in [0, 0.05) is 11.6 Å². The molecule has 1 aromatic rings. The highest BCUT2D eigenvalue weighted by molar-refractivity contribution is 7.80. The van der Waals surface area contributed by atoms with Crippen LogP contribution in [0.5, 0.6) is 0 Å². The molecule has 0 spiro atoms. The fourth-order valence-electron chi connectivity index (χ4n) is 2.74. The zero-order chi connectivity index (χ0) is 14.1. The molecule has 20 heavy (non-hydrogen) atoms. The quantitative estimate of drug-likeness (QED) is 0.789. The van der Waals surface area contributed by atoms with Gasteiger partial charge in [-0.15, -0.1) is 0 Å². The van der Waals surface area contributed by atoms with Crippen LogP contribution in [0.4, 0.5) is 0 Å². The first-order chi connectivity index (χ1) is 9.63. The maximum absolute atomic E-state index is 12.1. The summed E-state index contributed by atoms with van der Waals surface area (Å²) in [6, 6.07) is 8.04. The maximum atomic E-state index is 12.1. The summed E-state index contributed by atoms with van der Waals surface area (Å²) in [5.74, 6) is 1.61. The van der Waals surface area contributed by atoms with E-state index in [1.165, 1.54) is 25.7 Å². The fourth-order valence-corrected chi connectivity index (χ4v) is 2.88. The minimum Gasteiger partial charge on any atom is -0.389 e. The first-order valence-electron chi connectivity index (χ1n) is 7.31. The van der Waals surface area contributed by atoms with Crippen molar-refractivity contribution in [1.82, 2.24) is 5.32 Å². The first kappa shape index (κ1) is 13.6. The first-order valence-corrected chi connectivity index (χ1v) is 7.72. The number of rotatable bonds is 6. The number of hydrogen-bond acceptors (Lipinski definition) is 2. The Morgan fingerprint density at radius 1 is 1.20 bits per heavy atom. The van der Waals surface area contributed by atoms with Gasteiger partial charge in [-0.1, -0.05) is 36.5 Å². The number of carbonyl (C=O) groups is 1. The van der Waals surface area contributed by atoms with Crippen molar-refractivity contribution in [3.8, 4) is 0 Å². The van der Waals surface area contributed by atoms with Crippen LogP contribution in [-0.2, 0) is 11.2 Å². The lowest BCUT2D eigenvalue weighted by Gasteiger charge is -2.17.